The van der Waals surface area contributed by atoms with E-state index in [1.54, 1.807) is 11.8 Å². The Labute approximate surface area is 106 Å². The first-order valence-electron chi connectivity index (χ1n) is 5.20. The van der Waals surface area contributed by atoms with E-state index in [2.05, 4.69) is 5.32 Å². The summed E-state index contributed by atoms with van der Waals surface area (Å²) in [5.74, 6) is 0.732. The van der Waals surface area contributed by atoms with Crippen LogP contribution in [0.4, 0.5) is 0 Å². The molecule has 1 rings (SSSR count). The summed E-state index contributed by atoms with van der Waals surface area (Å²) < 4.78 is 0. The van der Waals surface area contributed by atoms with Gasteiger partial charge in [0.15, 0.2) is 0 Å². The van der Waals surface area contributed by atoms with Gasteiger partial charge >= 0.3 is 0 Å². The summed E-state index contributed by atoms with van der Waals surface area (Å²) >= 11 is 7.53. The highest BCUT2D eigenvalue weighted by molar-refractivity contribution is 7.98. The van der Waals surface area contributed by atoms with Crippen molar-refractivity contribution in [3.63, 3.8) is 0 Å². The Morgan fingerprint density at radius 3 is 2.88 bits per heavy atom. The van der Waals surface area contributed by atoms with Crippen LogP contribution in [0.1, 0.15) is 12.5 Å². The zero-order valence-electron chi connectivity index (χ0n) is 9.66. The second kappa shape index (κ2) is 6.50. The van der Waals surface area contributed by atoms with Crippen LogP contribution in [-0.2, 0) is 6.54 Å². The third-order valence-corrected chi connectivity index (χ3v) is 3.32. The Morgan fingerprint density at radius 2 is 2.25 bits per heavy atom. The van der Waals surface area contributed by atoms with E-state index in [9.17, 15) is 5.11 Å². The molecule has 2 nitrogen and oxygen atoms in total. The fourth-order valence-electron chi connectivity index (χ4n) is 1.49. The van der Waals surface area contributed by atoms with E-state index >= 15 is 0 Å². The summed E-state index contributed by atoms with van der Waals surface area (Å²) in [5.41, 5.74) is 0.477. The van der Waals surface area contributed by atoms with Crippen LogP contribution in [0.15, 0.2) is 24.3 Å². The number of hydrogen-bond donors (Lipinski definition) is 2. The molecule has 1 aromatic rings. The SMILES string of the molecule is CSCC(C)(O)CNCc1cccc(Cl)c1. The van der Waals surface area contributed by atoms with Crippen molar-refractivity contribution in [2.45, 2.75) is 19.1 Å². The number of nitrogens with one attached hydrogen (secondary N) is 1. The van der Waals surface area contributed by atoms with Crippen LogP contribution in [0.3, 0.4) is 0 Å². The fourth-order valence-corrected chi connectivity index (χ4v) is 2.42. The Bertz CT molecular complexity index is 331. The van der Waals surface area contributed by atoms with Gasteiger partial charge in [-0.05, 0) is 30.9 Å². The molecule has 0 bridgehead atoms. The van der Waals surface area contributed by atoms with Gasteiger partial charge in [0.05, 0.1) is 5.60 Å². The number of rotatable bonds is 6. The van der Waals surface area contributed by atoms with Crippen molar-refractivity contribution >= 4 is 23.4 Å². The van der Waals surface area contributed by atoms with E-state index < -0.39 is 5.60 Å². The van der Waals surface area contributed by atoms with Gasteiger partial charge in [0.2, 0.25) is 0 Å². The van der Waals surface area contributed by atoms with Gasteiger partial charge in [-0.3, -0.25) is 0 Å². The number of halogens is 1. The Balaban J connectivity index is 2.35. The molecule has 1 atom stereocenters. The van der Waals surface area contributed by atoms with Gasteiger partial charge in [0.25, 0.3) is 0 Å². The molecule has 0 amide bonds. The predicted octanol–water partition coefficient (Wildman–Crippen LogP) is 2.54. The summed E-state index contributed by atoms with van der Waals surface area (Å²) in [7, 11) is 0. The minimum absolute atomic E-state index is 0.584. The lowest BCUT2D eigenvalue weighted by Gasteiger charge is -2.22. The summed E-state index contributed by atoms with van der Waals surface area (Å²) in [4.78, 5) is 0. The first-order valence-corrected chi connectivity index (χ1v) is 6.97. The molecular weight excluding hydrogens is 242 g/mol. The molecule has 0 aliphatic heterocycles. The van der Waals surface area contributed by atoms with E-state index in [0.717, 1.165) is 22.9 Å². The second-order valence-electron chi connectivity index (χ2n) is 4.16. The first-order chi connectivity index (χ1) is 7.53. The predicted molar refractivity (Wildman–Crippen MR) is 72.2 cm³/mol. The van der Waals surface area contributed by atoms with Crippen molar-refractivity contribution in [1.82, 2.24) is 5.32 Å². The lowest BCUT2D eigenvalue weighted by Crippen LogP contribution is -2.39. The average Bonchev–Trinajstić information content (AvgIpc) is 2.17. The molecule has 1 aromatic carbocycles. The third kappa shape index (κ3) is 5.21. The third-order valence-electron chi connectivity index (χ3n) is 2.18. The van der Waals surface area contributed by atoms with Crippen molar-refractivity contribution in [2.75, 3.05) is 18.6 Å². The smallest absolute Gasteiger partial charge is 0.0833 e. The number of aliphatic hydroxyl groups is 1. The maximum absolute atomic E-state index is 9.94. The molecule has 0 aromatic heterocycles. The molecule has 0 saturated heterocycles. The summed E-state index contributed by atoms with van der Waals surface area (Å²) in [6.07, 6.45) is 1.99. The van der Waals surface area contributed by atoms with Crippen LogP contribution < -0.4 is 5.32 Å². The Morgan fingerprint density at radius 1 is 1.50 bits per heavy atom. The maximum Gasteiger partial charge on any atom is 0.0833 e. The van der Waals surface area contributed by atoms with E-state index in [4.69, 9.17) is 11.6 Å². The molecule has 1 unspecified atom stereocenters. The molecule has 16 heavy (non-hydrogen) atoms. The van der Waals surface area contributed by atoms with E-state index in [-0.39, 0.29) is 0 Å². The topological polar surface area (TPSA) is 32.3 Å². The molecule has 0 radical (unpaired) electrons. The van der Waals surface area contributed by atoms with E-state index in [1.807, 2.05) is 37.4 Å². The van der Waals surface area contributed by atoms with Gasteiger partial charge in [0.1, 0.15) is 0 Å². The van der Waals surface area contributed by atoms with E-state index in [0.29, 0.717) is 6.54 Å². The van der Waals surface area contributed by atoms with Crippen LogP contribution >= 0.6 is 23.4 Å². The van der Waals surface area contributed by atoms with Crippen molar-refractivity contribution in [3.8, 4) is 0 Å². The van der Waals surface area contributed by atoms with Gasteiger partial charge in [-0.1, -0.05) is 23.7 Å². The van der Waals surface area contributed by atoms with Crippen LogP contribution in [0.5, 0.6) is 0 Å². The molecule has 0 spiro atoms. The van der Waals surface area contributed by atoms with Crippen molar-refractivity contribution in [1.29, 1.82) is 0 Å². The van der Waals surface area contributed by atoms with Gasteiger partial charge in [-0.2, -0.15) is 11.8 Å². The first kappa shape index (κ1) is 13.8. The Kier molecular flexibility index (Phi) is 5.62. The van der Waals surface area contributed by atoms with Crippen LogP contribution in [-0.4, -0.2) is 29.3 Å². The maximum atomic E-state index is 9.94. The van der Waals surface area contributed by atoms with Crippen molar-refractivity contribution in [3.05, 3.63) is 34.9 Å². The molecule has 0 aliphatic rings. The highest BCUT2D eigenvalue weighted by atomic mass is 35.5. The molecule has 0 saturated carbocycles. The number of hydrogen-bond acceptors (Lipinski definition) is 3. The number of thioether (sulfide) groups is 1. The normalized spacial score (nSPS) is 14.8. The molecule has 0 fully saturated rings. The molecule has 4 heteroatoms. The molecule has 90 valence electrons. The average molecular weight is 260 g/mol. The second-order valence-corrected chi connectivity index (χ2v) is 5.47. The van der Waals surface area contributed by atoms with Crippen LogP contribution in [0.25, 0.3) is 0 Å². The lowest BCUT2D eigenvalue weighted by molar-refractivity contribution is 0.0846. The van der Waals surface area contributed by atoms with Gasteiger partial charge in [-0.25, -0.2) is 0 Å². The number of benzene rings is 1. The fraction of sp³-hybridized carbons (Fsp3) is 0.500. The van der Waals surface area contributed by atoms with E-state index in [1.165, 1.54) is 0 Å². The quantitative estimate of drug-likeness (QED) is 0.824. The van der Waals surface area contributed by atoms with Gasteiger partial charge < -0.3 is 10.4 Å². The minimum atomic E-state index is -0.655. The largest absolute Gasteiger partial charge is 0.388 e. The summed E-state index contributed by atoms with van der Waals surface area (Å²) in [5, 5.41) is 13.9. The highest BCUT2D eigenvalue weighted by Crippen LogP contribution is 2.12. The van der Waals surface area contributed by atoms with Gasteiger partial charge in [-0.15, -0.1) is 0 Å². The molecule has 0 aliphatic carbocycles. The van der Waals surface area contributed by atoms with Crippen LogP contribution in [0, 0.1) is 0 Å². The zero-order chi connectivity index (χ0) is 12.0. The van der Waals surface area contributed by atoms with Crippen LogP contribution in [0.2, 0.25) is 5.02 Å². The lowest BCUT2D eigenvalue weighted by atomic mass is 10.1. The summed E-state index contributed by atoms with van der Waals surface area (Å²) in [6.45, 7) is 3.15. The van der Waals surface area contributed by atoms with Crippen molar-refractivity contribution < 1.29 is 5.11 Å². The summed E-state index contributed by atoms with van der Waals surface area (Å²) in [6, 6.07) is 7.73. The Hall–Kier alpha value is -0.220. The molecule has 0 heterocycles. The monoisotopic (exact) mass is 259 g/mol. The van der Waals surface area contributed by atoms with Gasteiger partial charge in [0, 0.05) is 23.9 Å². The zero-order valence-corrected chi connectivity index (χ0v) is 11.2. The molecular formula is C12H18ClNOS. The minimum Gasteiger partial charge on any atom is -0.388 e. The standard InChI is InChI=1S/C12H18ClNOS/c1-12(15,9-16-2)8-14-7-10-4-3-5-11(13)6-10/h3-6,14-15H,7-9H2,1-2H3. The van der Waals surface area contributed by atoms with Crippen molar-refractivity contribution in [2.24, 2.45) is 0 Å². The highest BCUT2D eigenvalue weighted by Gasteiger charge is 2.18. The molecule has 2 N–H and O–H groups in total.